The van der Waals surface area contributed by atoms with Gasteiger partial charge in [0, 0.05) is 23.5 Å². The standard InChI is InChI=1S/C26H25N3O6/c1-33-20-9-5-18(6-10-20)27-26(32)22-15-21(34-2)11-12-23(22)28-25(31)17-3-7-19(8-4-17)29-13-14-35-16-24(29)30/h3-12,15H,13-14,16H2,1-2H3,(H,27,32)(H,28,31). The van der Waals surface area contributed by atoms with Crippen molar-refractivity contribution in [3.63, 3.8) is 0 Å². The van der Waals surface area contributed by atoms with Crippen molar-refractivity contribution >= 4 is 34.8 Å². The van der Waals surface area contributed by atoms with Crippen LogP contribution in [0, 0.1) is 0 Å². The number of anilines is 3. The van der Waals surface area contributed by atoms with E-state index in [1.54, 1.807) is 78.7 Å². The van der Waals surface area contributed by atoms with Crippen molar-refractivity contribution in [3.8, 4) is 11.5 Å². The van der Waals surface area contributed by atoms with Crippen molar-refractivity contribution in [3.05, 3.63) is 77.9 Å². The zero-order valence-corrected chi connectivity index (χ0v) is 19.4. The van der Waals surface area contributed by atoms with E-state index in [-0.39, 0.29) is 18.1 Å². The zero-order valence-electron chi connectivity index (χ0n) is 19.4. The fraction of sp³-hybridized carbons (Fsp3) is 0.192. The summed E-state index contributed by atoms with van der Waals surface area (Å²) in [5.41, 5.74) is 2.22. The summed E-state index contributed by atoms with van der Waals surface area (Å²) >= 11 is 0. The van der Waals surface area contributed by atoms with Gasteiger partial charge in [-0.1, -0.05) is 0 Å². The molecule has 0 atom stereocenters. The molecule has 1 saturated heterocycles. The van der Waals surface area contributed by atoms with Gasteiger partial charge in [-0.3, -0.25) is 14.4 Å². The molecule has 0 radical (unpaired) electrons. The molecule has 35 heavy (non-hydrogen) atoms. The molecule has 0 aromatic heterocycles. The van der Waals surface area contributed by atoms with Crippen molar-refractivity contribution < 1.29 is 28.6 Å². The van der Waals surface area contributed by atoms with Crippen LogP contribution in [0.25, 0.3) is 0 Å². The summed E-state index contributed by atoms with van der Waals surface area (Å²) in [7, 11) is 3.06. The summed E-state index contributed by atoms with van der Waals surface area (Å²) < 4.78 is 15.6. The molecule has 0 aliphatic carbocycles. The van der Waals surface area contributed by atoms with Gasteiger partial charge in [-0.2, -0.15) is 0 Å². The Bertz CT molecular complexity index is 1220. The molecule has 2 N–H and O–H groups in total. The SMILES string of the molecule is COc1ccc(NC(=O)c2cc(OC)ccc2NC(=O)c2ccc(N3CCOCC3=O)cc2)cc1. The summed E-state index contributed by atoms with van der Waals surface area (Å²) in [4.78, 5) is 39.6. The maximum Gasteiger partial charge on any atom is 0.257 e. The van der Waals surface area contributed by atoms with Crippen molar-refractivity contribution in [2.24, 2.45) is 0 Å². The number of carbonyl (C=O) groups is 3. The average Bonchev–Trinajstić information content (AvgIpc) is 2.89. The summed E-state index contributed by atoms with van der Waals surface area (Å²) in [6, 6.07) is 18.4. The van der Waals surface area contributed by atoms with Gasteiger partial charge in [0.2, 0.25) is 0 Å². The molecule has 3 aromatic carbocycles. The minimum atomic E-state index is -0.412. The predicted molar refractivity (Wildman–Crippen MR) is 132 cm³/mol. The number of amides is 3. The summed E-state index contributed by atoms with van der Waals surface area (Å²) in [5.74, 6) is 0.210. The number of carbonyl (C=O) groups excluding carboxylic acids is 3. The van der Waals surface area contributed by atoms with Gasteiger partial charge in [0.15, 0.2) is 0 Å². The number of morpholine rings is 1. The van der Waals surface area contributed by atoms with Crippen LogP contribution >= 0.6 is 0 Å². The number of nitrogens with zero attached hydrogens (tertiary/aromatic N) is 1. The lowest BCUT2D eigenvalue weighted by Gasteiger charge is -2.26. The third-order valence-corrected chi connectivity index (χ3v) is 5.49. The van der Waals surface area contributed by atoms with Crippen LogP contribution < -0.4 is 25.0 Å². The number of ether oxygens (including phenoxy) is 3. The van der Waals surface area contributed by atoms with Gasteiger partial charge in [0.25, 0.3) is 17.7 Å². The maximum absolute atomic E-state index is 13.0. The van der Waals surface area contributed by atoms with Crippen molar-refractivity contribution in [1.82, 2.24) is 0 Å². The first-order valence-electron chi connectivity index (χ1n) is 10.9. The fourth-order valence-electron chi connectivity index (χ4n) is 3.60. The van der Waals surface area contributed by atoms with Gasteiger partial charge in [-0.25, -0.2) is 0 Å². The number of methoxy groups -OCH3 is 2. The lowest BCUT2D eigenvalue weighted by Crippen LogP contribution is -2.41. The largest absolute Gasteiger partial charge is 0.497 e. The molecule has 0 saturated carbocycles. The molecule has 0 unspecified atom stereocenters. The second-order valence-corrected chi connectivity index (χ2v) is 7.69. The van der Waals surface area contributed by atoms with E-state index in [9.17, 15) is 14.4 Å². The van der Waals surface area contributed by atoms with Crippen LogP contribution in [0.5, 0.6) is 11.5 Å². The first-order chi connectivity index (χ1) is 17.0. The Kier molecular flexibility index (Phi) is 7.27. The molecule has 3 amide bonds. The van der Waals surface area contributed by atoms with Gasteiger partial charge in [0.1, 0.15) is 18.1 Å². The smallest absolute Gasteiger partial charge is 0.257 e. The van der Waals surface area contributed by atoms with E-state index in [1.165, 1.54) is 7.11 Å². The molecule has 180 valence electrons. The Hall–Kier alpha value is -4.37. The summed E-state index contributed by atoms with van der Waals surface area (Å²) in [6.07, 6.45) is 0. The molecule has 1 aliphatic heterocycles. The summed E-state index contributed by atoms with van der Waals surface area (Å²) in [5, 5.41) is 5.61. The minimum absolute atomic E-state index is 0.0427. The first kappa shape index (κ1) is 23.8. The summed E-state index contributed by atoms with van der Waals surface area (Å²) in [6.45, 7) is 0.969. The Morgan fingerprint density at radius 2 is 1.54 bits per heavy atom. The second kappa shape index (κ2) is 10.7. The quantitative estimate of drug-likeness (QED) is 0.541. The van der Waals surface area contributed by atoms with Crippen LogP contribution in [-0.2, 0) is 9.53 Å². The monoisotopic (exact) mass is 475 g/mol. The van der Waals surface area contributed by atoms with Crippen LogP contribution in [0.2, 0.25) is 0 Å². The van der Waals surface area contributed by atoms with Crippen molar-refractivity contribution in [1.29, 1.82) is 0 Å². The van der Waals surface area contributed by atoms with E-state index >= 15 is 0 Å². The third-order valence-electron chi connectivity index (χ3n) is 5.49. The van der Waals surface area contributed by atoms with Crippen molar-refractivity contribution in [2.75, 3.05) is 49.5 Å². The van der Waals surface area contributed by atoms with E-state index < -0.39 is 11.8 Å². The van der Waals surface area contributed by atoms with Crippen LogP contribution in [0.4, 0.5) is 17.1 Å². The van der Waals surface area contributed by atoms with Gasteiger partial charge >= 0.3 is 0 Å². The number of nitrogens with one attached hydrogen (secondary N) is 2. The molecule has 1 fully saturated rings. The lowest BCUT2D eigenvalue weighted by atomic mass is 10.1. The third kappa shape index (κ3) is 5.59. The van der Waals surface area contributed by atoms with Gasteiger partial charge < -0.3 is 29.7 Å². The van der Waals surface area contributed by atoms with Crippen LogP contribution in [0.1, 0.15) is 20.7 Å². The van der Waals surface area contributed by atoms with Crippen LogP contribution in [0.15, 0.2) is 66.7 Å². The van der Waals surface area contributed by atoms with Gasteiger partial charge in [0.05, 0.1) is 32.1 Å². The van der Waals surface area contributed by atoms with Crippen molar-refractivity contribution in [2.45, 2.75) is 0 Å². The zero-order chi connectivity index (χ0) is 24.8. The first-order valence-corrected chi connectivity index (χ1v) is 10.9. The minimum Gasteiger partial charge on any atom is -0.497 e. The highest BCUT2D eigenvalue weighted by Crippen LogP contribution is 2.25. The Labute approximate surface area is 202 Å². The highest BCUT2D eigenvalue weighted by atomic mass is 16.5. The second-order valence-electron chi connectivity index (χ2n) is 7.69. The molecule has 9 heteroatoms. The Morgan fingerprint density at radius 3 is 2.20 bits per heavy atom. The molecule has 1 aliphatic rings. The number of rotatable bonds is 7. The van der Waals surface area contributed by atoms with Crippen LogP contribution in [0.3, 0.4) is 0 Å². The van der Waals surface area contributed by atoms with E-state index in [1.807, 2.05) is 0 Å². The number of hydrogen-bond donors (Lipinski definition) is 2. The fourth-order valence-corrected chi connectivity index (χ4v) is 3.60. The number of benzene rings is 3. The van der Waals surface area contributed by atoms with E-state index in [4.69, 9.17) is 14.2 Å². The van der Waals surface area contributed by atoms with E-state index in [0.29, 0.717) is 47.3 Å². The Balaban J connectivity index is 1.51. The molecular weight excluding hydrogens is 450 g/mol. The highest BCUT2D eigenvalue weighted by molar-refractivity contribution is 6.13. The lowest BCUT2D eigenvalue weighted by molar-refractivity contribution is -0.125. The average molecular weight is 476 g/mol. The molecular formula is C26H25N3O6. The highest BCUT2D eigenvalue weighted by Gasteiger charge is 2.21. The molecule has 0 spiro atoms. The van der Waals surface area contributed by atoms with E-state index in [0.717, 1.165) is 0 Å². The van der Waals surface area contributed by atoms with Gasteiger partial charge in [-0.15, -0.1) is 0 Å². The molecule has 9 nitrogen and oxygen atoms in total. The molecule has 0 bridgehead atoms. The molecule has 3 aromatic rings. The number of hydrogen-bond acceptors (Lipinski definition) is 6. The van der Waals surface area contributed by atoms with Crippen LogP contribution in [-0.4, -0.2) is 51.7 Å². The molecule has 1 heterocycles. The molecule has 4 rings (SSSR count). The predicted octanol–water partition coefficient (Wildman–Crippen LogP) is 3.57. The van der Waals surface area contributed by atoms with E-state index in [2.05, 4.69) is 10.6 Å². The Morgan fingerprint density at radius 1 is 0.857 bits per heavy atom. The normalized spacial score (nSPS) is 13.2. The van der Waals surface area contributed by atoms with Gasteiger partial charge in [-0.05, 0) is 66.7 Å². The topological polar surface area (TPSA) is 106 Å². The maximum atomic E-state index is 13.0.